The second-order valence-electron chi connectivity index (χ2n) is 6.42. The Bertz CT molecular complexity index is 476. The summed E-state index contributed by atoms with van der Waals surface area (Å²) in [5, 5.41) is 6.38. The first-order valence-electron chi connectivity index (χ1n) is 7.66. The molecule has 0 saturated carbocycles. The molecule has 0 spiro atoms. The van der Waals surface area contributed by atoms with Gasteiger partial charge < -0.3 is 19.8 Å². The zero-order valence-corrected chi connectivity index (χ0v) is 16.2. The number of carbonyl (C=O) groups is 1. The molecule has 0 aromatic carbocycles. The van der Waals surface area contributed by atoms with Gasteiger partial charge in [0, 0.05) is 6.54 Å². The topological polar surface area (TPSA) is 63.5 Å². The van der Waals surface area contributed by atoms with Crippen LogP contribution in [0.2, 0.25) is 0 Å². The monoisotopic (exact) mass is 422 g/mol. The van der Waals surface area contributed by atoms with E-state index in [1.54, 1.807) is 0 Å². The van der Waals surface area contributed by atoms with E-state index < -0.39 is 5.60 Å². The third kappa shape index (κ3) is 6.56. The van der Waals surface area contributed by atoms with Crippen molar-refractivity contribution in [3.63, 3.8) is 0 Å². The van der Waals surface area contributed by atoms with Crippen LogP contribution < -0.4 is 10.6 Å². The summed E-state index contributed by atoms with van der Waals surface area (Å²) in [5.41, 5.74) is -0.808. The van der Waals surface area contributed by atoms with Crippen LogP contribution >= 0.6 is 22.6 Å². The normalized spacial score (nSPS) is 12.3. The van der Waals surface area contributed by atoms with E-state index in [-0.39, 0.29) is 11.6 Å². The third-order valence-corrected chi connectivity index (χ3v) is 4.09. The zero-order valence-electron chi connectivity index (χ0n) is 14.1. The van der Waals surface area contributed by atoms with Crippen molar-refractivity contribution in [2.75, 3.05) is 6.54 Å². The standard InChI is InChI=1S/C16H27IN2O3/c1-6-16(7-2,19-14(20)22-15(3,4)5)11-18-10-12-8-9-13(17)21-12/h8-9,18H,6-7,10-11H2,1-5H3,(H,19,20). The second kappa shape index (κ2) is 8.19. The van der Waals surface area contributed by atoms with Crippen molar-refractivity contribution in [1.82, 2.24) is 10.6 Å². The summed E-state index contributed by atoms with van der Waals surface area (Å²) in [4.78, 5) is 12.0. The van der Waals surface area contributed by atoms with Gasteiger partial charge in [0.1, 0.15) is 11.4 Å². The van der Waals surface area contributed by atoms with Gasteiger partial charge in [-0.25, -0.2) is 4.79 Å². The molecule has 0 aliphatic carbocycles. The van der Waals surface area contributed by atoms with Gasteiger partial charge in [-0.3, -0.25) is 0 Å². The van der Waals surface area contributed by atoms with Gasteiger partial charge in [-0.15, -0.1) is 0 Å². The van der Waals surface area contributed by atoms with Gasteiger partial charge >= 0.3 is 6.09 Å². The largest absolute Gasteiger partial charge is 0.454 e. The van der Waals surface area contributed by atoms with Crippen LogP contribution in [0.15, 0.2) is 16.5 Å². The first-order chi connectivity index (χ1) is 10.2. The molecule has 1 aromatic rings. The maximum absolute atomic E-state index is 12.0. The number of nitrogens with one attached hydrogen (secondary N) is 2. The lowest BCUT2D eigenvalue weighted by atomic mass is 9.93. The molecule has 0 aliphatic heterocycles. The predicted molar refractivity (Wildman–Crippen MR) is 95.8 cm³/mol. The number of carbonyl (C=O) groups excluding carboxylic acids is 1. The zero-order chi connectivity index (χ0) is 16.8. The quantitative estimate of drug-likeness (QED) is 0.651. The molecule has 0 saturated heterocycles. The summed E-state index contributed by atoms with van der Waals surface area (Å²) >= 11 is 2.14. The Hall–Kier alpha value is -0.760. The van der Waals surface area contributed by atoms with Crippen LogP contribution in [0.5, 0.6) is 0 Å². The van der Waals surface area contributed by atoms with Crippen LogP contribution in [0.1, 0.15) is 53.2 Å². The van der Waals surface area contributed by atoms with E-state index in [4.69, 9.17) is 9.15 Å². The van der Waals surface area contributed by atoms with Crippen molar-refractivity contribution in [1.29, 1.82) is 0 Å². The van der Waals surface area contributed by atoms with Crippen molar-refractivity contribution in [2.45, 2.75) is 65.1 Å². The van der Waals surface area contributed by atoms with E-state index in [9.17, 15) is 4.79 Å². The fraction of sp³-hybridized carbons (Fsp3) is 0.688. The van der Waals surface area contributed by atoms with Crippen LogP contribution in [-0.2, 0) is 11.3 Å². The molecule has 1 aromatic heterocycles. The van der Waals surface area contributed by atoms with Gasteiger partial charge in [0.2, 0.25) is 0 Å². The average Bonchev–Trinajstić information content (AvgIpc) is 2.81. The first-order valence-corrected chi connectivity index (χ1v) is 8.73. The highest BCUT2D eigenvalue weighted by Crippen LogP contribution is 2.17. The minimum Gasteiger partial charge on any atom is -0.454 e. The fourth-order valence-electron chi connectivity index (χ4n) is 2.11. The summed E-state index contributed by atoms with van der Waals surface area (Å²) in [6.45, 7) is 11.0. The molecule has 1 heterocycles. The van der Waals surface area contributed by atoms with E-state index in [1.807, 2.05) is 32.9 Å². The summed E-state index contributed by atoms with van der Waals surface area (Å²) in [6, 6.07) is 3.89. The highest BCUT2D eigenvalue weighted by atomic mass is 127. The number of hydrogen-bond acceptors (Lipinski definition) is 4. The Morgan fingerprint density at radius 2 is 1.91 bits per heavy atom. The second-order valence-corrected chi connectivity index (χ2v) is 7.49. The smallest absolute Gasteiger partial charge is 0.408 e. The van der Waals surface area contributed by atoms with Crippen molar-refractivity contribution in [3.05, 3.63) is 21.7 Å². The number of hydrogen-bond donors (Lipinski definition) is 2. The maximum atomic E-state index is 12.0. The molecule has 1 rings (SSSR count). The Kier molecular flexibility index (Phi) is 7.18. The minimum atomic E-state index is -0.490. The van der Waals surface area contributed by atoms with E-state index >= 15 is 0 Å². The van der Waals surface area contributed by atoms with Gasteiger partial charge in [-0.05, 0) is 68.3 Å². The molecule has 0 radical (unpaired) electrons. The number of amides is 1. The Morgan fingerprint density at radius 3 is 2.36 bits per heavy atom. The maximum Gasteiger partial charge on any atom is 0.408 e. The highest BCUT2D eigenvalue weighted by Gasteiger charge is 2.30. The lowest BCUT2D eigenvalue weighted by Gasteiger charge is -2.34. The first kappa shape index (κ1) is 19.3. The fourth-order valence-corrected chi connectivity index (χ4v) is 2.58. The van der Waals surface area contributed by atoms with Crippen molar-refractivity contribution in [3.8, 4) is 0 Å². The molecule has 0 bridgehead atoms. The van der Waals surface area contributed by atoms with Crippen molar-refractivity contribution < 1.29 is 13.9 Å². The molecule has 22 heavy (non-hydrogen) atoms. The van der Waals surface area contributed by atoms with Gasteiger partial charge in [0.05, 0.1) is 12.1 Å². The van der Waals surface area contributed by atoms with Crippen LogP contribution in [0.25, 0.3) is 0 Å². The summed E-state index contributed by atoms with van der Waals surface area (Å²) in [6.07, 6.45) is 1.28. The van der Waals surface area contributed by atoms with E-state index in [2.05, 4.69) is 47.1 Å². The number of ether oxygens (including phenoxy) is 1. The molecule has 0 fully saturated rings. The summed E-state index contributed by atoms with van der Waals surface area (Å²) < 4.78 is 11.8. The predicted octanol–water partition coefficient (Wildman–Crippen LogP) is 4.06. The Balaban J connectivity index is 2.56. The van der Waals surface area contributed by atoms with E-state index in [0.717, 1.165) is 22.4 Å². The third-order valence-electron chi connectivity index (χ3n) is 3.51. The van der Waals surface area contributed by atoms with Gasteiger partial charge in [-0.2, -0.15) is 0 Å². The van der Waals surface area contributed by atoms with Gasteiger partial charge in [-0.1, -0.05) is 13.8 Å². The highest BCUT2D eigenvalue weighted by molar-refractivity contribution is 14.1. The van der Waals surface area contributed by atoms with Gasteiger partial charge in [0.15, 0.2) is 3.77 Å². The number of alkyl carbamates (subject to hydrolysis) is 1. The van der Waals surface area contributed by atoms with E-state index in [1.165, 1.54) is 0 Å². The molecule has 126 valence electrons. The molecule has 2 N–H and O–H groups in total. The summed E-state index contributed by atoms with van der Waals surface area (Å²) in [5.74, 6) is 0.891. The average molecular weight is 422 g/mol. The van der Waals surface area contributed by atoms with Crippen LogP contribution in [-0.4, -0.2) is 23.8 Å². The molecule has 1 amide bonds. The number of halogens is 1. The Morgan fingerprint density at radius 1 is 1.27 bits per heavy atom. The van der Waals surface area contributed by atoms with Crippen LogP contribution in [0.4, 0.5) is 4.79 Å². The minimum absolute atomic E-state index is 0.317. The molecule has 0 unspecified atom stereocenters. The number of furan rings is 1. The van der Waals surface area contributed by atoms with E-state index in [0.29, 0.717) is 13.1 Å². The van der Waals surface area contributed by atoms with Crippen LogP contribution in [0.3, 0.4) is 0 Å². The van der Waals surface area contributed by atoms with Crippen molar-refractivity contribution >= 4 is 28.7 Å². The number of rotatable bonds is 7. The Labute approximate surface area is 146 Å². The summed E-state index contributed by atoms with van der Waals surface area (Å²) in [7, 11) is 0. The molecular formula is C16H27IN2O3. The van der Waals surface area contributed by atoms with Crippen LogP contribution in [0, 0.1) is 3.77 Å². The lowest BCUT2D eigenvalue weighted by molar-refractivity contribution is 0.0445. The van der Waals surface area contributed by atoms with Gasteiger partial charge in [0.25, 0.3) is 0 Å². The molecule has 0 atom stereocenters. The van der Waals surface area contributed by atoms with Crippen molar-refractivity contribution in [2.24, 2.45) is 0 Å². The molecule has 5 nitrogen and oxygen atoms in total. The lowest BCUT2D eigenvalue weighted by Crippen LogP contribution is -2.55. The molecule has 6 heteroatoms. The SMILES string of the molecule is CCC(CC)(CNCc1ccc(I)o1)NC(=O)OC(C)(C)C. The molecule has 0 aliphatic rings. The molecular weight excluding hydrogens is 395 g/mol.